The molecule has 3 atom stereocenters. The number of carbonyl (C=O) groups excluding carboxylic acids is 1. The Hall–Kier alpha value is -3.10. The fraction of sp³-hybridized carbons (Fsp3) is 0.533. The SMILES string of the molecule is CC(C)(CO)NC(=O)c1ccc(-c2ccc3c(c2)COC(C2CCN(C(=O)O)C(C)(C4(C)CC4)C2)O3)cc1. The average Bonchev–Trinajstić information content (AvgIpc) is 3.66. The van der Waals surface area contributed by atoms with Gasteiger partial charge >= 0.3 is 6.09 Å². The van der Waals surface area contributed by atoms with Crippen LogP contribution in [0.15, 0.2) is 42.5 Å². The number of carboxylic acid groups (broad SMARTS) is 1. The normalized spacial score (nSPS) is 26.2. The zero-order valence-electron chi connectivity index (χ0n) is 22.6. The number of benzene rings is 2. The summed E-state index contributed by atoms with van der Waals surface area (Å²) in [6.07, 6.45) is 2.29. The van der Waals surface area contributed by atoms with Crippen molar-refractivity contribution in [1.29, 1.82) is 0 Å². The van der Waals surface area contributed by atoms with E-state index >= 15 is 0 Å². The van der Waals surface area contributed by atoms with Gasteiger partial charge in [0, 0.05) is 29.1 Å². The molecule has 2 aromatic rings. The van der Waals surface area contributed by atoms with Crippen LogP contribution in [0, 0.1) is 11.3 Å². The minimum absolute atomic E-state index is 0.0107. The maximum Gasteiger partial charge on any atom is 0.407 e. The molecule has 3 unspecified atom stereocenters. The van der Waals surface area contributed by atoms with Crippen LogP contribution in [0.1, 0.15) is 69.3 Å². The zero-order valence-corrected chi connectivity index (χ0v) is 22.6. The Labute approximate surface area is 223 Å². The lowest BCUT2D eigenvalue weighted by molar-refractivity contribution is -0.163. The van der Waals surface area contributed by atoms with Gasteiger partial charge in [0.25, 0.3) is 5.91 Å². The van der Waals surface area contributed by atoms with Crippen LogP contribution in [0.2, 0.25) is 0 Å². The second kappa shape index (κ2) is 9.58. The number of nitrogens with one attached hydrogen (secondary N) is 1. The van der Waals surface area contributed by atoms with Crippen LogP contribution in [0.25, 0.3) is 11.1 Å². The number of likely N-dealkylation sites (tertiary alicyclic amines) is 1. The summed E-state index contributed by atoms with van der Waals surface area (Å²) >= 11 is 0. The van der Waals surface area contributed by atoms with Crippen molar-refractivity contribution in [2.24, 2.45) is 11.3 Å². The second-order valence-electron chi connectivity index (χ2n) is 12.2. The Morgan fingerprint density at radius 1 is 1.11 bits per heavy atom. The highest BCUT2D eigenvalue weighted by atomic mass is 16.7. The van der Waals surface area contributed by atoms with E-state index in [2.05, 4.69) is 25.2 Å². The molecule has 5 rings (SSSR count). The lowest BCUT2D eigenvalue weighted by atomic mass is 9.71. The predicted molar refractivity (Wildman–Crippen MR) is 143 cm³/mol. The van der Waals surface area contributed by atoms with Crippen molar-refractivity contribution in [2.75, 3.05) is 13.2 Å². The van der Waals surface area contributed by atoms with Gasteiger partial charge in [-0.2, -0.15) is 0 Å². The van der Waals surface area contributed by atoms with E-state index in [-0.39, 0.29) is 23.8 Å². The summed E-state index contributed by atoms with van der Waals surface area (Å²) in [5.74, 6) is 0.692. The molecule has 3 aliphatic rings. The number of aliphatic hydroxyl groups is 1. The number of rotatable bonds is 6. The molecule has 38 heavy (non-hydrogen) atoms. The van der Waals surface area contributed by atoms with Gasteiger partial charge in [-0.25, -0.2) is 4.79 Å². The van der Waals surface area contributed by atoms with E-state index in [0.717, 1.165) is 41.7 Å². The number of hydrogen-bond acceptors (Lipinski definition) is 5. The van der Waals surface area contributed by atoms with Gasteiger partial charge in [0.15, 0.2) is 0 Å². The Bertz CT molecular complexity index is 1220. The smallest absolute Gasteiger partial charge is 0.407 e. The molecule has 2 aromatic carbocycles. The highest BCUT2D eigenvalue weighted by Crippen LogP contribution is 2.60. The molecule has 0 radical (unpaired) electrons. The number of ether oxygens (including phenoxy) is 2. The van der Waals surface area contributed by atoms with Crippen LogP contribution in [-0.2, 0) is 11.3 Å². The summed E-state index contributed by atoms with van der Waals surface area (Å²) in [4.78, 5) is 26.1. The van der Waals surface area contributed by atoms with E-state index in [4.69, 9.17) is 9.47 Å². The Kier molecular flexibility index (Phi) is 6.68. The third kappa shape index (κ3) is 4.87. The fourth-order valence-corrected chi connectivity index (χ4v) is 5.89. The minimum Gasteiger partial charge on any atom is -0.465 e. The maximum absolute atomic E-state index is 12.5. The molecule has 2 heterocycles. The van der Waals surface area contributed by atoms with Crippen molar-refractivity contribution in [3.05, 3.63) is 53.6 Å². The molecule has 1 saturated carbocycles. The van der Waals surface area contributed by atoms with Crippen molar-refractivity contribution in [3.8, 4) is 16.9 Å². The first kappa shape index (κ1) is 26.5. The molecule has 204 valence electrons. The van der Waals surface area contributed by atoms with Crippen molar-refractivity contribution in [2.45, 2.75) is 77.4 Å². The lowest BCUT2D eigenvalue weighted by Crippen LogP contribution is -2.60. The molecule has 8 heteroatoms. The van der Waals surface area contributed by atoms with Crippen LogP contribution in [0.5, 0.6) is 5.75 Å². The third-order valence-corrected chi connectivity index (χ3v) is 8.93. The summed E-state index contributed by atoms with van der Waals surface area (Å²) in [5.41, 5.74) is 2.37. The van der Waals surface area contributed by atoms with Gasteiger partial charge in [-0.05, 0) is 87.3 Å². The topological polar surface area (TPSA) is 108 Å². The summed E-state index contributed by atoms with van der Waals surface area (Å²) in [6.45, 7) is 8.60. The third-order valence-electron chi connectivity index (χ3n) is 8.93. The second-order valence-corrected chi connectivity index (χ2v) is 12.2. The van der Waals surface area contributed by atoms with Gasteiger partial charge in [0.05, 0.1) is 18.8 Å². The molecule has 0 aromatic heterocycles. The molecule has 1 saturated heterocycles. The van der Waals surface area contributed by atoms with E-state index in [1.54, 1.807) is 30.9 Å². The summed E-state index contributed by atoms with van der Waals surface area (Å²) < 4.78 is 12.5. The number of amides is 2. The number of piperidine rings is 1. The van der Waals surface area contributed by atoms with Crippen LogP contribution in [0.3, 0.4) is 0 Å². The van der Waals surface area contributed by atoms with E-state index in [1.165, 1.54) is 0 Å². The summed E-state index contributed by atoms with van der Waals surface area (Å²) in [5, 5.41) is 22.1. The molecule has 3 N–H and O–H groups in total. The van der Waals surface area contributed by atoms with E-state index in [1.807, 2.05) is 24.3 Å². The molecule has 1 aliphatic carbocycles. The van der Waals surface area contributed by atoms with Crippen LogP contribution in [-0.4, -0.2) is 57.6 Å². The lowest BCUT2D eigenvalue weighted by Gasteiger charge is -2.51. The molecule has 2 fully saturated rings. The minimum atomic E-state index is -0.843. The van der Waals surface area contributed by atoms with Gasteiger partial charge in [-0.15, -0.1) is 0 Å². The average molecular weight is 523 g/mol. The first-order valence-corrected chi connectivity index (χ1v) is 13.4. The van der Waals surface area contributed by atoms with Crippen LogP contribution < -0.4 is 10.1 Å². The van der Waals surface area contributed by atoms with E-state index in [0.29, 0.717) is 25.1 Å². The molecule has 0 bridgehead atoms. The highest BCUT2D eigenvalue weighted by molar-refractivity contribution is 5.95. The summed E-state index contributed by atoms with van der Waals surface area (Å²) in [6, 6.07) is 13.4. The highest BCUT2D eigenvalue weighted by Gasteiger charge is 2.60. The maximum atomic E-state index is 12.5. The first-order valence-electron chi connectivity index (χ1n) is 13.4. The van der Waals surface area contributed by atoms with Crippen molar-refractivity contribution in [3.63, 3.8) is 0 Å². The zero-order chi connectivity index (χ0) is 27.3. The predicted octanol–water partition coefficient (Wildman–Crippen LogP) is 5.04. The molecule has 0 spiro atoms. The standard InChI is InChI=1S/C30H38N2O6/c1-28(2,18-33)31-25(34)20-7-5-19(6-8-20)21-9-10-24-23(15-21)17-37-26(38-24)22-11-14-32(27(35)36)30(4,16-22)29(3)12-13-29/h5-10,15,22,26,33H,11-14,16-18H2,1-4H3,(H,31,34)(H,35,36). The Morgan fingerprint density at radius 2 is 1.79 bits per heavy atom. The van der Waals surface area contributed by atoms with Crippen molar-refractivity contribution < 1.29 is 29.3 Å². The Balaban J connectivity index is 1.27. The molecule has 8 nitrogen and oxygen atoms in total. The quantitative estimate of drug-likeness (QED) is 0.491. The van der Waals surface area contributed by atoms with Gasteiger partial charge in [0.2, 0.25) is 6.29 Å². The monoisotopic (exact) mass is 522 g/mol. The molecule has 2 aliphatic heterocycles. The van der Waals surface area contributed by atoms with Crippen molar-refractivity contribution >= 4 is 12.0 Å². The number of hydrogen-bond donors (Lipinski definition) is 3. The van der Waals surface area contributed by atoms with Crippen LogP contribution in [0.4, 0.5) is 4.79 Å². The number of nitrogens with zero attached hydrogens (tertiary/aromatic N) is 1. The van der Waals surface area contributed by atoms with E-state index in [9.17, 15) is 19.8 Å². The first-order chi connectivity index (χ1) is 17.9. The van der Waals surface area contributed by atoms with Gasteiger partial charge in [-0.1, -0.05) is 25.1 Å². The van der Waals surface area contributed by atoms with Crippen molar-refractivity contribution in [1.82, 2.24) is 10.2 Å². The largest absolute Gasteiger partial charge is 0.465 e. The van der Waals surface area contributed by atoms with Crippen LogP contribution >= 0.6 is 0 Å². The molecular weight excluding hydrogens is 484 g/mol. The van der Waals surface area contributed by atoms with Gasteiger partial charge in [-0.3, -0.25) is 4.79 Å². The number of aliphatic hydroxyl groups excluding tert-OH is 1. The van der Waals surface area contributed by atoms with E-state index < -0.39 is 23.5 Å². The number of carbonyl (C=O) groups is 2. The van der Waals surface area contributed by atoms with Gasteiger partial charge < -0.3 is 29.9 Å². The summed E-state index contributed by atoms with van der Waals surface area (Å²) in [7, 11) is 0. The molecule has 2 amide bonds. The molecular formula is C30H38N2O6. The fourth-order valence-electron chi connectivity index (χ4n) is 5.89. The van der Waals surface area contributed by atoms with Gasteiger partial charge in [0.1, 0.15) is 5.75 Å². The number of fused-ring (bicyclic) bond motifs is 1. The Morgan fingerprint density at radius 3 is 2.42 bits per heavy atom.